The Morgan fingerprint density at radius 3 is 2.68 bits per heavy atom. The average molecular weight is 383 g/mol. The maximum absolute atomic E-state index is 11.7. The van der Waals surface area contributed by atoms with Crippen molar-refractivity contribution >= 4 is 58.8 Å². The smallest absolute Gasteiger partial charge is 0.269 e. The Bertz CT molecular complexity index is 718. The monoisotopic (exact) mass is 381 g/mol. The van der Waals surface area contributed by atoms with Crippen molar-refractivity contribution in [3.05, 3.63) is 33.7 Å². The summed E-state index contributed by atoms with van der Waals surface area (Å²) in [5.41, 5.74) is 0.425. The first-order chi connectivity index (χ1) is 8.88. The molecule has 1 aromatic heterocycles. The highest BCUT2D eigenvalue weighted by atomic mass is 79.9. The third-order valence-corrected chi connectivity index (χ3v) is 5.00. The summed E-state index contributed by atoms with van der Waals surface area (Å²) < 4.78 is 26.3. The van der Waals surface area contributed by atoms with Gasteiger partial charge in [-0.3, -0.25) is 4.79 Å². The molecule has 0 unspecified atom stereocenters. The van der Waals surface area contributed by atoms with Crippen LogP contribution in [0.25, 0.3) is 0 Å². The van der Waals surface area contributed by atoms with Crippen LogP contribution in [-0.2, 0) is 9.05 Å². The molecule has 0 saturated carbocycles. The molecule has 19 heavy (non-hydrogen) atoms. The number of carbonyl (C=O) groups is 1. The topological polar surface area (TPSA) is 89.0 Å². The standard InChI is InChI=1S/C9H5BrClN3O3S2/c10-6-3-5(1-2-8(6)19(11,16)17)13-9(15)7-4-12-14-18-7/h1-4H,(H,13,15). The van der Waals surface area contributed by atoms with Gasteiger partial charge in [0.05, 0.1) is 11.1 Å². The summed E-state index contributed by atoms with van der Waals surface area (Å²) in [6, 6.07) is 4.18. The number of carbonyl (C=O) groups excluding carboxylic acids is 1. The number of nitrogens with one attached hydrogen (secondary N) is 1. The van der Waals surface area contributed by atoms with Gasteiger partial charge in [-0.05, 0) is 45.7 Å². The minimum Gasteiger partial charge on any atom is -0.321 e. The van der Waals surface area contributed by atoms with Crippen molar-refractivity contribution < 1.29 is 13.2 Å². The lowest BCUT2D eigenvalue weighted by Crippen LogP contribution is -2.10. The Labute approximate surface area is 125 Å². The van der Waals surface area contributed by atoms with Gasteiger partial charge in [-0.25, -0.2) is 8.42 Å². The number of hydrogen-bond acceptors (Lipinski definition) is 6. The minimum absolute atomic E-state index is 0.0633. The van der Waals surface area contributed by atoms with Crippen LogP contribution < -0.4 is 5.32 Å². The van der Waals surface area contributed by atoms with Crippen LogP contribution in [0, 0.1) is 0 Å². The zero-order chi connectivity index (χ0) is 14.0. The Kier molecular flexibility index (Phi) is 4.19. The lowest BCUT2D eigenvalue weighted by atomic mass is 10.3. The fraction of sp³-hybridized carbons (Fsp3) is 0. The molecule has 0 aliphatic carbocycles. The molecule has 6 nitrogen and oxygen atoms in total. The quantitative estimate of drug-likeness (QED) is 0.824. The molecule has 1 aromatic carbocycles. The van der Waals surface area contributed by atoms with Crippen LogP contribution in [0.3, 0.4) is 0 Å². The number of benzene rings is 1. The first-order valence-corrected chi connectivity index (χ1v) is 8.58. The van der Waals surface area contributed by atoms with Crippen molar-refractivity contribution in [2.75, 3.05) is 5.32 Å². The molecule has 2 rings (SSSR count). The second-order valence-corrected chi connectivity index (χ2v) is 7.49. The number of nitrogens with zero attached hydrogens (tertiary/aromatic N) is 2. The zero-order valence-electron chi connectivity index (χ0n) is 9.00. The molecule has 0 saturated heterocycles. The Morgan fingerprint density at radius 2 is 2.16 bits per heavy atom. The third-order valence-electron chi connectivity index (χ3n) is 2.04. The van der Waals surface area contributed by atoms with Gasteiger partial charge in [-0.1, -0.05) is 4.49 Å². The molecule has 0 radical (unpaired) electrons. The molecule has 1 amide bonds. The Balaban J connectivity index is 2.24. The van der Waals surface area contributed by atoms with Crippen molar-refractivity contribution in [2.45, 2.75) is 4.90 Å². The number of hydrogen-bond donors (Lipinski definition) is 1. The van der Waals surface area contributed by atoms with Crippen LogP contribution in [0.4, 0.5) is 5.69 Å². The molecule has 0 aliphatic heterocycles. The molecule has 1 heterocycles. The molecule has 100 valence electrons. The second-order valence-electron chi connectivity index (χ2n) is 3.32. The van der Waals surface area contributed by atoms with Gasteiger partial charge in [0.1, 0.15) is 4.88 Å². The molecular formula is C9H5BrClN3O3S2. The van der Waals surface area contributed by atoms with Crippen molar-refractivity contribution in [1.82, 2.24) is 9.59 Å². The third kappa shape index (κ3) is 3.50. The predicted molar refractivity (Wildman–Crippen MR) is 75.0 cm³/mol. The largest absolute Gasteiger partial charge is 0.321 e. The van der Waals surface area contributed by atoms with E-state index in [1.54, 1.807) is 0 Å². The van der Waals surface area contributed by atoms with E-state index in [4.69, 9.17) is 10.7 Å². The summed E-state index contributed by atoms with van der Waals surface area (Å²) in [7, 11) is 1.42. The first-order valence-electron chi connectivity index (χ1n) is 4.71. The van der Waals surface area contributed by atoms with Gasteiger partial charge in [-0.2, -0.15) is 0 Å². The van der Waals surface area contributed by atoms with Crippen molar-refractivity contribution in [1.29, 1.82) is 0 Å². The van der Waals surface area contributed by atoms with Gasteiger partial charge in [0.2, 0.25) is 0 Å². The van der Waals surface area contributed by atoms with Crippen LogP contribution in [0.2, 0.25) is 0 Å². The molecule has 0 atom stereocenters. The van der Waals surface area contributed by atoms with Crippen molar-refractivity contribution in [3.63, 3.8) is 0 Å². The van der Waals surface area contributed by atoms with Gasteiger partial charge >= 0.3 is 0 Å². The molecule has 2 aromatic rings. The van der Waals surface area contributed by atoms with Crippen molar-refractivity contribution in [2.24, 2.45) is 0 Å². The maximum atomic E-state index is 11.7. The SMILES string of the molecule is O=C(Nc1ccc(S(=O)(=O)Cl)c(Br)c1)c1cnns1. The highest BCUT2D eigenvalue weighted by molar-refractivity contribution is 9.10. The van der Waals surface area contributed by atoms with Gasteiger partial charge in [0.15, 0.2) is 0 Å². The van der Waals surface area contributed by atoms with Gasteiger partial charge < -0.3 is 5.32 Å². The van der Waals surface area contributed by atoms with Crippen LogP contribution in [0.1, 0.15) is 9.67 Å². The number of aromatic nitrogens is 2. The molecule has 0 fully saturated rings. The normalized spacial score (nSPS) is 11.3. The van der Waals surface area contributed by atoms with E-state index in [-0.39, 0.29) is 15.3 Å². The Hall–Kier alpha value is -1.03. The fourth-order valence-corrected chi connectivity index (χ4v) is 3.87. The summed E-state index contributed by atoms with van der Waals surface area (Å²) in [4.78, 5) is 12.0. The molecule has 10 heteroatoms. The van der Waals surface area contributed by atoms with Gasteiger partial charge in [0.25, 0.3) is 15.0 Å². The van der Waals surface area contributed by atoms with E-state index in [0.717, 1.165) is 11.5 Å². The Morgan fingerprint density at radius 1 is 1.42 bits per heavy atom. The van der Waals surface area contributed by atoms with E-state index >= 15 is 0 Å². The highest BCUT2D eigenvalue weighted by Gasteiger charge is 2.15. The number of anilines is 1. The van der Waals surface area contributed by atoms with Crippen LogP contribution >= 0.6 is 38.1 Å². The van der Waals surface area contributed by atoms with E-state index in [1.165, 1.54) is 24.4 Å². The zero-order valence-corrected chi connectivity index (χ0v) is 13.0. The lowest BCUT2D eigenvalue weighted by molar-refractivity contribution is 0.103. The molecule has 0 spiro atoms. The molecule has 0 bridgehead atoms. The summed E-state index contributed by atoms with van der Waals surface area (Å²) >= 11 is 4.04. The van der Waals surface area contributed by atoms with Crippen molar-refractivity contribution in [3.8, 4) is 0 Å². The van der Waals surface area contributed by atoms with E-state index in [9.17, 15) is 13.2 Å². The van der Waals surface area contributed by atoms with Gasteiger partial charge in [-0.15, -0.1) is 5.10 Å². The maximum Gasteiger partial charge on any atom is 0.269 e. The predicted octanol–water partition coefficient (Wildman–Crippen LogP) is 2.48. The van der Waals surface area contributed by atoms with E-state index in [0.29, 0.717) is 10.6 Å². The summed E-state index contributed by atoms with van der Waals surface area (Å²) in [6.07, 6.45) is 1.34. The summed E-state index contributed by atoms with van der Waals surface area (Å²) in [5, 5.41) is 6.14. The van der Waals surface area contributed by atoms with Gasteiger partial charge in [0, 0.05) is 20.8 Å². The summed E-state index contributed by atoms with van der Waals surface area (Å²) in [5.74, 6) is -0.372. The van der Waals surface area contributed by atoms with E-state index < -0.39 is 9.05 Å². The number of amides is 1. The fourth-order valence-electron chi connectivity index (χ4n) is 1.24. The molecular weight excluding hydrogens is 378 g/mol. The van der Waals surface area contributed by atoms with E-state index in [2.05, 4.69) is 30.8 Å². The molecule has 1 N–H and O–H groups in total. The number of rotatable bonds is 3. The highest BCUT2D eigenvalue weighted by Crippen LogP contribution is 2.28. The van der Waals surface area contributed by atoms with Crippen LogP contribution in [-0.4, -0.2) is 23.9 Å². The lowest BCUT2D eigenvalue weighted by Gasteiger charge is -2.06. The van der Waals surface area contributed by atoms with E-state index in [1.807, 2.05) is 0 Å². The van der Waals surface area contributed by atoms with Crippen LogP contribution in [0.15, 0.2) is 33.8 Å². The van der Waals surface area contributed by atoms with Crippen LogP contribution in [0.5, 0.6) is 0 Å². The first kappa shape index (κ1) is 14.4. The minimum atomic E-state index is -3.83. The number of halogens is 2. The second kappa shape index (κ2) is 5.53. The summed E-state index contributed by atoms with van der Waals surface area (Å²) in [6.45, 7) is 0. The average Bonchev–Trinajstić information content (AvgIpc) is 2.80. The molecule has 0 aliphatic rings.